The molecule has 0 aromatic carbocycles. The number of rotatable bonds is 23. The van der Waals surface area contributed by atoms with Crippen molar-refractivity contribution in [1.82, 2.24) is 0 Å². The maximum absolute atomic E-state index is 5.69. The minimum absolute atomic E-state index is 0.0878. The fraction of sp³-hybridized carbons (Fsp3) is 1.00. The predicted molar refractivity (Wildman–Crippen MR) is 129 cm³/mol. The molecule has 0 spiro atoms. The van der Waals surface area contributed by atoms with Gasteiger partial charge < -0.3 is 4.74 Å². The Bertz CT molecular complexity index is 360. The fourth-order valence-corrected chi connectivity index (χ4v) is 4.42. The van der Waals surface area contributed by atoms with Crippen LogP contribution in [0, 0.1) is 0 Å². The molecule has 1 unspecified atom stereocenters. The first-order valence-electron chi connectivity index (χ1n) is 13.0. The van der Waals surface area contributed by atoms with Gasteiger partial charge in [0.1, 0.15) is 7.05 Å². The zero-order valence-electron chi connectivity index (χ0n) is 21.6. The molecule has 182 valence electrons. The Morgan fingerprint density at radius 1 is 0.567 bits per heavy atom. The van der Waals surface area contributed by atoms with Crippen molar-refractivity contribution in [2.45, 2.75) is 135 Å². The van der Waals surface area contributed by atoms with Gasteiger partial charge in [0, 0.05) is 20.0 Å². The zero-order chi connectivity index (χ0) is 22.6. The van der Waals surface area contributed by atoms with E-state index in [4.69, 9.17) is 14.4 Å². The summed E-state index contributed by atoms with van der Waals surface area (Å²) in [7, 11) is 7.21. The number of hydrogen-bond donors (Lipinski definition) is 0. The summed E-state index contributed by atoms with van der Waals surface area (Å²) in [5.41, 5.74) is -0.0878. The van der Waals surface area contributed by atoms with Gasteiger partial charge in [0.05, 0.1) is 20.8 Å². The first kappa shape index (κ1) is 29.8. The lowest BCUT2D eigenvalue weighted by Gasteiger charge is -2.42. The van der Waals surface area contributed by atoms with Crippen molar-refractivity contribution < 1.29 is 19.2 Å². The number of unbranched alkanes of at least 4 members (excludes halogenated alkanes) is 15. The molecule has 0 fully saturated rings. The summed E-state index contributed by atoms with van der Waals surface area (Å²) in [5, 5.41) is 0. The molecule has 4 heteroatoms. The lowest BCUT2D eigenvalue weighted by molar-refractivity contribution is -1.26. The van der Waals surface area contributed by atoms with E-state index < -0.39 is 0 Å². The van der Waals surface area contributed by atoms with E-state index in [0.717, 1.165) is 19.4 Å². The molecule has 0 aromatic heterocycles. The van der Waals surface area contributed by atoms with E-state index in [1.165, 1.54) is 103 Å². The van der Waals surface area contributed by atoms with Gasteiger partial charge in [0.2, 0.25) is 0 Å². The van der Waals surface area contributed by atoms with Crippen molar-refractivity contribution in [3.05, 3.63) is 0 Å². The number of quaternary nitrogens is 1. The molecule has 0 amide bonds. The third-order valence-electron chi connectivity index (χ3n) is 7.09. The maximum Gasteiger partial charge on any atom is 0.161 e. The van der Waals surface area contributed by atoms with Gasteiger partial charge in [-0.1, -0.05) is 103 Å². The summed E-state index contributed by atoms with van der Waals surface area (Å²) in [6.07, 6.45) is 24.5. The van der Waals surface area contributed by atoms with Gasteiger partial charge in [0.25, 0.3) is 0 Å². The molecule has 0 N–H and O–H groups in total. The molecule has 0 radical (unpaired) electrons. The van der Waals surface area contributed by atoms with Gasteiger partial charge in [-0.05, 0) is 18.2 Å². The second-order valence-electron chi connectivity index (χ2n) is 9.50. The predicted octanol–water partition coefficient (Wildman–Crippen LogP) is 8.00. The second kappa shape index (κ2) is 19.5. The van der Waals surface area contributed by atoms with E-state index in [2.05, 4.69) is 13.8 Å². The molecule has 30 heavy (non-hydrogen) atoms. The Kier molecular flexibility index (Phi) is 19.4. The average Bonchev–Trinajstić information content (AvgIpc) is 2.76. The van der Waals surface area contributed by atoms with Crippen molar-refractivity contribution in [1.29, 1.82) is 0 Å². The van der Waals surface area contributed by atoms with Crippen LogP contribution in [-0.2, 0) is 14.4 Å². The monoisotopic (exact) mass is 430 g/mol. The summed E-state index contributed by atoms with van der Waals surface area (Å²) in [4.78, 5) is 11.6. The van der Waals surface area contributed by atoms with Crippen molar-refractivity contribution in [2.75, 3.05) is 35.0 Å². The second-order valence-corrected chi connectivity index (χ2v) is 9.50. The Morgan fingerprint density at radius 2 is 0.933 bits per heavy atom. The highest BCUT2D eigenvalue weighted by atomic mass is 17.0. The number of nitrogens with zero attached hydrogens (tertiary/aromatic N) is 1. The topological polar surface area (TPSA) is 27.7 Å². The summed E-state index contributed by atoms with van der Waals surface area (Å²) in [6, 6.07) is 0. The van der Waals surface area contributed by atoms with Gasteiger partial charge in [-0.2, -0.15) is 9.68 Å². The van der Waals surface area contributed by atoms with Crippen LogP contribution in [0.4, 0.5) is 0 Å². The largest absolute Gasteiger partial charge is 0.384 e. The molecule has 0 aliphatic rings. The van der Waals surface area contributed by atoms with Gasteiger partial charge in [-0.25, -0.2) is 0 Å². The first-order chi connectivity index (χ1) is 14.5. The van der Waals surface area contributed by atoms with Gasteiger partial charge in [-0.15, -0.1) is 0 Å². The van der Waals surface area contributed by atoms with E-state index in [0.29, 0.717) is 0 Å². The third-order valence-corrected chi connectivity index (χ3v) is 7.09. The number of ether oxygens (including phenoxy) is 1. The number of hydroxylamine groups is 4. The van der Waals surface area contributed by atoms with Crippen molar-refractivity contribution in [2.24, 2.45) is 0 Å². The van der Waals surface area contributed by atoms with Crippen LogP contribution < -0.4 is 0 Å². The van der Waals surface area contributed by atoms with Crippen LogP contribution >= 0.6 is 0 Å². The summed E-state index contributed by atoms with van der Waals surface area (Å²) in [6.45, 7) is 5.28. The van der Waals surface area contributed by atoms with E-state index in [1.807, 2.05) is 7.05 Å². The zero-order valence-corrected chi connectivity index (χ0v) is 21.6. The molecule has 4 nitrogen and oxygen atoms in total. The Hall–Kier alpha value is -0.160. The molecular formula is C26H56NO3+. The number of hydrogen-bond acceptors (Lipinski definition) is 3. The van der Waals surface area contributed by atoms with Crippen LogP contribution in [0.1, 0.15) is 129 Å². The summed E-state index contributed by atoms with van der Waals surface area (Å²) in [5.74, 6) is 0. The normalized spacial score (nSPS) is 14.2. The van der Waals surface area contributed by atoms with Gasteiger partial charge >= 0.3 is 0 Å². The molecule has 0 saturated carbocycles. The van der Waals surface area contributed by atoms with Gasteiger partial charge in [-0.3, -0.25) is 0 Å². The number of methoxy groups -OCH3 is 1. The highest BCUT2D eigenvalue weighted by molar-refractivity contribution is 4.73. The molecule has 1 atom stereocenters. The van der Waals surface area contributed by atoms with E-state index in [1.54, 1.807) is 21.3 Å². The molecule has 0 aliphatic carbocycles. The van der Waals surface area contributed by atoms with Crippen LogP contribution in [0.25, 0.3) is 0 Å². The minimum atomic E-state index is -0.0878. The Labute approximate surface area is 189 Å². The van der Waals surface area contributed by atoms with Crippen molar-refractivity contribution >= 4 is 0 Å². The molecule has 0 aromatic rings. The lowest BCUT2D eigenvalue weighted by Crippen LogP contribution is -2.59. The Balaban J connectivity index is 3.68. The van der Waals surface area contributed by atoms with Crippen molar-refractivity contribution in [3.8, 4) is 0 Å². The third kappa shape index (κ3) is 13.3. The van der Waals surface area contributed by atoms with Crippen LogP contribution in [0.5, 0.6) is 0 Å². The fourth-order valence-electron chi connectivity index (χ4n) is 4.42. The smallest absolute Gasteiger partial charge is 0.161 e. The molecule has 0 bridgehead atoms. The summed E-state index contributed by atoms with van der Waals surface area (Å²) >= 11 is 0. The maximum atomic E-state index is 5.69. The molecule has 0 aliphatic heterocycles. The first-order valence-corrected chi connectivity index (χ1v) is 13.0. The molecule has 0 heterocycles. The quantitative estimate of drug-likeness (QED) is 0.0933. The summed E-state index contributed by atoms with van der Waals surface area (Å²) < 4.78 is 5.33. The lowest BCUT2D eigenvalue weighted by atomic mass is 9.90. The highest BCUT2D eigenvalue weighted by Gasteiger charge is 2.47. The molecular weight excluding hydrogens is 374 g/mol. The van der Waals surface area contributed by atoms with E-state index in [-0.39, 0.29) is 10.3 Å². The highest BCUT2D eigenvalue weighted by Crippen LogP contribution is 2.33. The molecule has 0 saturated heterocycles. The van der Waals surface area contributed by atoms with Gasteiger partial charge in [0.15, 0.2) is 5.54 Å². The van der Waals surface area contributed by atoms with Crippen LogP contribution in [0.2, 0.25) is 0 Å². The van der Waals surface area contributed by atoms with Crippen LogP contribution in [0.15, 0.2) is 0 Å². The van der Waals surface area contributed by atoms with Crippen molar-refractivity contribution in [3.63, 3.8) is 0 Å². The SMILES string of the molecule is CCCCCCCCCCCCCCCCCCC(C)(CCOC)[N+](C)(OC)OC. The van der Waals surface area contributed by atoms with Crippen LogP contribution in [0.3, 0.4) is 0 Å². The van der Waals surface area contributed by atoms with E-state index >= 15 is 0 Å². The standard InChI is InChI=1S/C26H56NO3/c1-7-8-9-10-11-12-13-14-15-16-17-18-19-20-21-22-23-26(2,24-25-28-4)27(3,29-5)30-6/h7-25H2,1-6H3/q+1. The van der Waals surface area contributed by atoms with Crippen LogP contribution in [-0.4, -0.2) is 45.3 Å². The Morgan fingerprint density at radius 3 is 1.27 bits per heavy atom. The van der Waals surface area contributed by atoms with E-state index in [9.17, 15) is 0 Å². The minimum Gasteiger partial charge on any atom is -0.384 e. The average molecular weight is 431 g/mol. The molecule has 0 rings (SSSR count).